The molecule has 4 nitrogen and oxygen atoms in total. The first-order valence-corrected chi connectivity index (χ1v) is 12.5. The molecule has 3 aromatic carbocycles. The van der Waals surface area contributed by atoms with Gasteiger partial charge in [-0.1, -0.05) is 71.7 Å². The van der Waals surface area contributed by atoms with Crippen LogP contribution in [0.1, 0.15) is 28.9 Å². The van der Waals surface area contributed by atoms with Crippen molar-refractivity contribution >= 4 is 40.4 Å². The van der Waals surface area contributed by atoms with Gasteiger partial charge in [-0.15, -0.1) is 0 Å². The maximum absolute atomic E-state index is 13.9. The Morgan fingerprint density at radius 1 is 0.829 bits per heavy atom. The number of carbonyl (C=O) groups excluding carboxylic acids is 1. The summed E-state index contributed by atoms with van der Waals surface area (Å²) in [6.07, 6.45) is 5.16. The van der Waals surface area contributed by atoms with Crippen molar-refractivity contribution in [2.45, 2.75) is 25.8 Å². The van der Waals surface area contributed by atoms with E-state index in [2.05, 4.69) is 44.7 Å². The number of hydrogen-bond acceptors (Lipinski definition) is 1. The van der Waals surface area contributed by atoms with E-state index < -0.39 is 0 Å². The smallest absolute Gasteiger partial charge is 0.273 e. The van der Waals surface area contributed by atoms with Crippen LogP contribution in [0.4, 0.5) is 5.69 Å². The van der Waals surface area contributed by atoms with Crippen LogP contribution in [0.25, 0.3) is 28.0 Å². The second-order valence-corrected chi connectivity index (χ2v) is 9.73. The molecule has 1 aliphatic rings. The molecule has 6 rings (SSSR count). The average molecular weight is 500 g/mol. The minimum atomic E-state index is -0.171. The minimum absolute atomic E-state index is 0.171. The van der Waals surface area contributed by atoms with Crippen molar-refractivity contribution in [1.82, 2.24) is 8.97 Å². The van der Waals surface area contributed by atoms with Crippen LogP contribution in [-0.4, -0.2) is 14.9 Å². The number of halogens is 2. The highest BCUT2D eigenvalue weighted by Gasteiger charge is 2.29. The summed E-state index contributed by atoms with van der Waals surface area (Å²) in [4.78, 5) is 13.9. The Balaban J connectivity index is 1.61. The van der Waals surface area contributed by atoms with Gasteiger partial charge >= 0.3 is 0 Å². The van der Waals surface area contributed by atoms with Gasteiger partial charge in [-0.2, -0.15) is 0 Å². The van der Waals surface area contributed by atoms with Gasteiger partial charge in [-0.25, -0.2) is 0 Å². The Bertz CT molecular complexity index is 1550. The summed E-state index contributed by atoms with van der Waals surface area (Å²) in [7, 11) is 0. The Morgan fingerprint density at radius 2 is 1.63 bits per heavy atom. The zero-order valence-corrected chi connectivity index (χ0v) is 20.5. The number of amides is 1. The van der Waals surface area contributed by atoms with Crippen LogP contribution in [0.5, 0.6) is 0 Å². The maximum Gasteiger partial charge on any atom is 0.273 e. The lowest BCUT2D eigenvalue weighted by Crippen LogP contribution is -2.15. The van der Waals surface area contributed by atoms with E-state index in [0.717, 1.165) is 53.8 Å². The first-order chi connectivity index (χ1) is 17.1. The first-order valence-electron chi connectivity index (χ1n) is 11.7. The molecule has 0 unspecified atom stereocenters. The highest BCUT2D eigenvalue weighted by atomic mass is 35.5. The lowest BCUT2D eigenvalue weighted by Gasteiger charge is -2.10. The molecule has 0 saturated carbocycles. The summed E-state index contributed by atoms with van der Waals surface area (Å²) in [5, 5.41) is 4.32. The van der Waals surface area contributed by atoms with Crippen molar-refractivity contribution in [2.75, 3.05) is 5.32 Å². The number of anilines is 1. The number of imidazole rings is 1. The Hall–Kier alpha value is -3.47. The van der Waals surface area contributed by atoms with Crippen LogP contribution in [-0.2, 0) is 13.0 Å². The second-order valence-electron chi connectivity index (χ2n) is 8.86. The number of aryl methyl sites for hydroxylation is 2. The van der Waals surface area contributed by atoms with Crippen LogP contribution in [0.3, 0.4) is 0 Å². The fraction of sp³-hybridized carbons (Fsp3) is 0.138. The number of rotatable bonds is 4. The van der Waals surface area contributed by atoms with Gasteiger partial charge in [0, 0.05) is 39.6 Å². The molecule has 0 aliphatic carbocycles. The van der Waals surface area contributed by atoms with Crippen molar-refractivity contribution in [3.05, 3.63) is 106 Å². The average Bonchev–Trinajstić information content (AvgIpc) is 3.28. The first kappa shape index (κ1) is 22.0. The van der Waals surface area contributed by atoms with Gasteiger partial charge in [0.15, 0.2) is 0 Å². The van der Waals surface area contributed by atoms with Gasteiger partial charge in [0.05, 0.1) is 5.69 Å². The van der Waals surface area contributed by atoms with E-state index in [1.807, 2.05) is 42.5 Å². The second kappa shape index (κ2) is 8.95. The molecule has 35 heavy (non-hydrogen) atoms. The molecule has 0 bridgehead atoms. The highest BCUT2D eigenvalue weighted by Crippen LogP contribution is 2.40. The third-order valence-corrected chi connectivity index (χ3v) is 7.12. The number of aromatic nitrogens is 2. The molecule has 174 valence electrons. The van der Waals surface area contributed by atoms with Crippen molar-refractivity contribution in [2.24, 2.45) is 0 Å². The van der Waals surface area contributed by atoms with Gasteiger partial charge in [-0.3, -0.25) is 9.20 Å². The highest BCUT2D eigenvalue weighted by molar-refractivity contribution is 6.31. The molecule has 0 saturated heterocycles. The molecule has 0 spiro atoms. The molecule has 0 radical (unpaired) electrons. The van der Waals surface area contributed by atoms with E-state index in [-0.39, 0.29) is 5.91 Å². The Morgan fingerprint density at radius 3 is 2.40 bits per heavy atom. The largest absolute Gasteiger partial charge is 0.325 e. The van der Waals surface area contributed by atoms with Gasteiger partial charge < -0.3 is 9.88 Å². The molecule has 1 aliphatic heterocycles. The molecule has 5 aromatic rings. The zero-order valence-electron chi connectivity index (χ0n) is 19.0. The number of nitrogens with zero attached hydrogens (tertiary/aromatic N) is 2. The predicted molar refractivity (Wildman–Crippen MR) is 144 cm³/mol. The van der Waals surface area contributed by atoms with Crippen molar-refractivity contribution in [3.8, 4) is 22.4 Å². The fourth-order valence-electron chi connectivity index (χ4n) is 5.13. The van der Waals surface area contributed by atoms with Crippen LogP contribution in [0.2, 0.25) is 10.0 Å². The van der Waals surface area contributed by atoms with Crippen LogP contribution < -0.4 is 5.32 Å². The number of nitrogens with one attached hydrogen (secondary N) is 1. The topological polar surface area (TPSA) is 38.4 Å². The Labute approximate surface area is 213 Å². The standard InChI is InChI=1S/C29H23Cl2N3O/c30-21-14-12-20(13-15-21)26-24-11-4-5-16-33-25(19-7-2-1-3-8-19)18-34(29(24)33)27(26)28(35)32-23-10-6-9-22(31)17-23/h1-3,6-10,12-15,17-18H,4-5,11,16H2,(H,32,35). The van der Waals surface area contributed by atoms with Crippen molar-refractivity contribution < 1.29 is 4.79 Å². The summed E-state index contributed by atoms with van der Waals surface area (Å²) in [5.41, 5.74) is 7.77. The van der Waals surface area contributed by atoms with Crippen molar-refractivity contribution in [1.29, 1.82) is 0 Å². The zero-order chi connectivity index (χ0) is 23.9. The Kier molecular flexibility index (Phi) is 5.63. The third-order valence-electron chi connectivity index (χ3n) is 6.63. The molecule has 1 amide bonds. The van der Waals surface area contributed by atoms with Crippen LogP contribution in [0, 0.1) is 0 Å². The maximum atomic E-state index is 13.9. The quantitative estimate of drug-likeness (QED) is 0.267. The third kappa shape index (κ3) is 3.93. The van der Waals surface area contributed by atoms with Crippen molar-refractivity contribution in [3.63, 3.8) is 0 Å². The van der Waals surface area contributed by atoms with E-state index in [1.54, 1.807) is 12.1 Å². The lowest BCUT2D eigenvalue weighted by molar-refractivity contribution is 0.102. The summed E-state index contributed by atoms with van der Waals surface area (Å²) in [5.74, 6) is -0.171. The number of benzene rings is 3. The van der Waals surface area contributed by atoms with Gasteiger partial charge in [-0.05, 0) is 60.7 Å². The van der Waals surface area contributed by atoms with E-state index in [9.17, 15) is 4.79 Å². The monoisotopic (exact) mass is 499 g/mol. The summed E-state index contributed by atoms with van der Waals surface area (Å²) in [6, 6.07) is 25.4. The van der Waals surface area contributed by atoms with Crippen LogP contribution in [0.15, 0.2) is 85.1 Å². The molecule has 3 heterocycles. The SMILES string of the molecule is O=C(Nc1cccc(Cl)c1)c1c(-c2ccc(Cl)cc2)c2c3n(c(-c4ccccc4)cn13)CCCC2. The molecular formula is C29H23Cl2N3O. The fourth-order valence-corrected chi connectivity index (χ4v) is 5.45. The van der Waals surface area contributed by atoms with E-state index in [0.29, 0.717) is 21.4 Å². The molecular weight excluding hydrogens is 477 g/mol. The van der Waals surface area contributed by atoms with Crippen LogP contribution >= 0.6 is 23.2 Å². The molecule has 0 atom stereocenters. The van der Waals surface area contributed by atoms with E-state index >= 15 is 0 Å². The summed E-state index contributed by atoms with van der Waals surface area (Å²) >= 11 is 12.4. The minimum Gasteiger partial charge on any atom is -0.325 e. The predicted octanol–water partition coefficient (Wildman–Crippen LogP) is 7.97. The molecule has 0 fully saturated rings. The van der Waals surface area contributed by atoms with Gasteiger partial charge in [0.25, 0.3) is 5.91 Å². The number of hydrogen-bond donors (Lipinski definition) is 1. The van der Waals surface area contributed by atoms with E-state index in [4.69, 9.17) is 23.2 Å². The normalized spacial score (nSPS) is 13.1. The van der Waals surface area contributed by atoms with E-state index in [1.165, 1.54) is 5.56 Å². The van der Waals surface area contributed by atoms with Gasteiger partial charge in [0.1, 0.15) is 11.3 Å². The van der Waals surface area contributed by atoms with Gasteiger partial charge in [0.2, 0.25) is 0 Å². The summed E-state index contributed by atoms with van der Waals surface area (Å²) < 4.78 is 4.44. The molecule has 1 N–H and O–H groups in total. The molecule has 2 aromatic heterocycles. The lowest BCUT2D eigenvalue weighted by atomic mass is 9.97. The summed E-state index contributed by atoms with van der Waals surface area (Å²) in [6.45, 7) is 0.910. The molecule has 6 heteroatoms. The number of carbonyl (C=O) groups is 1.